The van der Waals surface area contributed by atoms with Gasteiger partial charge in [0.15, 0.2) is 0 Å². The van der Waals surface area contributed by atoms with Crippen LogP contribution < -0.4 is 5.32 Å². The van der Waals surface area contributed by atoms with Gasteiger partial charge in [-0.25, -0.2) is 4.98 Å². The first-order valence-electron chi connectivity index (χ1n) is 6.84. The van der Waals surface area contributed by atoms with Crippen molar-refractivity contribution in [2.24, 2.45) is 0 Å². The van der Waals surface area contributed by atoms with Gasteiger partial charge in [0, 0.05) is 11.7 Å². The normalized spacial score (nSPS) is 11.8. The zero-order chi connectivity index (χ0) is 14.2. The van der Waals surface area contributed by atoms with Crippen LogP contribution in [0.15, 0.2) is 54.9 Å². The van der Waals surface area contributed by atoms with Crippen LogP contribution in [-0.4, -0.2) is 14.9 Å². The second-order valence-corrected chi connectivity index (χ2v) is 6.03. The van der Waals surface area contributed by atoms with E-state index in [1.54, 1.807) is 0 Å². The van der Waals surface area contributed by atoms with E-state index in [9.17, 15) is 0 Å². The largest absolute Gasteiger partial charge is 0.365 e. The molecule has 3 aromatic rings. The fraction of sp³-hybridized carbons (Fsp3) is 0.235. The van der Waals surface area contributed by atoms with Gasteiger partial charge in [-0.2, -0.15) is 0 Å². The molecule has 1 N–H and O–H groups in total. The van der Waals surface area contributed by atoms with E-state index >= 15 is 0 Å². The van der Waals surface area contributed by atoms with Crippen molar-refractivity contribution in [2.75, 3.05) is 5.32 Å². The highest BCUT2D eigenvalue weighted by molar-refractivity contribution is 5.66. The first kappa shape index (κ1) is 12.7. The van der Waals surface area contributed by atoms with Crippen molar-refractivity contribution in [3.05, 3.63) is 54.9 Å². The molecule has 0 amide bonds. The van der Waals surface area contributed by atoms with Crippen LogP contribution in [0.4, 0.5) is 5.82 Å². The Bertz CT molecular complexity index is 721. The van der Waals surface area contributed by atoms with Crippen LogP contribution in [0.2, 0.25) is 0 Å². The van der Waals surface area contributed by atoms with Gasteiger partial charge in [0.05, 0.1) is 6.20 Å². The van der Waals surface area contributed by atoms with Gasteiger partial charge in [-0.05, 0) is 44.0 Å². The SMILES string of the molecule is CC(C)(C)Nc1cnc2ccc(-c3ccccc3)cn12. The monoisotopic (exact) mass is 265 g/mol. The third-order valence-corrected chi connectivity index (χ3v) is 3.12. The molecule has 0 fully saturated rings. The van der Waals surface area contributed by atoms with E-state index in [0.717, 1.165) is 11.5 Å². The Labute approximate surface area is 119 Å². The number of nitrogens with zero attached hydrogens (tertiary/aromatic N) is 2. The van der Waals surface area contributed by atoms with Crippen molar-refractivity contribution < 1.29 is 0 Å². The van der Waals surface area contributed by atoms with E-state index < -0.39 is 0 Å². The van der Waals surface area contributed by atoms with E-state index in [1.807, 2.05) is 12.3 Å². The predicted octanol–water partition coefficient (Wildman–Crippen LogP) is 4.21. The quantitative estimate of drug-likeness (QED) is 0.752. The molecule has 0 unspecified atom stereocenters. The van der Waals surface area contributed by atoms with Crippen LogP contribution >= 0.6 is 0 Å². The van der Waals surface area contributed by atoms with Crippen molar-refractivity contribution >= 4 is 11.5 Å². The third-order valence-electron chi connectivity index (χ3n) is 3.12. The maximum Gasteiger partial charge on any atom is 0.138 e. The summed E-state index contributed by atoms with van der Waals surface area (Å²) < 4.78 is 2.10. The Kier molecular flexibility index (Phi) is 2.97. The van der Waals surface area contributed by atoms with Gasteiger partial charge in [-0.15, -0.1) is 0 Å². The van der Waals surface area contributed by atoms with Crippen molar-refractivity contribution in [1.82, 2.24) is 9.38 Å². The van der Waals surface area contributed by atoms with E-state index in [2.05, 4.69) is 78.1 Å². The summed E-state index contributed by atoms with van der Waals surface area (Å²) in [5.74, 6) is 1.02. The van der Waals surface area contributed by atoms with E-state index in [0.29, 0.717) is 0 Å². The molecule has 3 heteroatoms. The minimum absolute atomic E-state index is 0.0126. The number of imidazole rings is 1. The average molecular weight is 265 g/mol. The maximum atomic E-state index is 4.44. The molecule has 3 nitrogen and oxygen atoms in total. The van der Waals surface area contributed by atoms with Crippen LogP contribution in [0.5, 0.6) is 0 Å². The molecule has 0 atom stereocenters. The molecule has 0 aliphatic heterocycles. The highest BCUT2D eigenvalue weighted by Crippen LogP contribution is 2.23. The third kappa shape index (κ3) is 2.52. The number of fused-ring (bicyclic) bond motifs is 1. The Morgan fingerprint density at radius 1 is 0.950 bits per heavy atom. The molecular weight excluding hydrogens is 246 g/mol. The molecule has 0 saturated carbocycles. The number of hydrogen-bond donors (Lipinski definition) is 1. The molecule has 3 rings (SSSR count). The Hall–Kier alpha value is -2.29. The van der Waals surface area contributed by atoms with Gasteiger partial charge in [0.1, 0.15) is 11.5 Å². The Morgan fingerprint density at radius 3 is 2.40 bits per heavy atom. The smallest absolute Gasteiger partial charge is 0.138 e. The molecule has 0 radical (unpaired) electrons. The minimum atomic E-state index is 0.0126. The summed E-state index contributed by atoms with van der Waals surface area (Å²) >= 11 is 0. The van der Waals surface area contributed by atoms with Crippen LogP contribution in [0.1, 0.15) is 20.8 Å². The summed E-state index contributed by atoms with van der Waals surface area (Å²) in [5.41, 5.74) is 3.37. The zero-order valence-corrected chi connectivity index (χ0v) is 12.1. The number of aromatic nitrogens is 2. The van der Waals surface area contributed by atoms with Gasteiger partial charge in [-0.1, -0.05) is 30.3 Å². The molecule has 102 valence electrons. The molecule has 2 heterocycles. The summed E-state index contributed by atoms with van der Waals surface area (Å²) in [7, 11) is 0. The Morgan fingerprint density at radius 2 is 1.70 bits per heavy atom. The van der Waals surface area contributed by atoms with Crippen molar-refractivity contribution in [3.8, 4) is 11.1 Å². The number of benzene rings is 1. The topological polar surface area (TPSA) is 29.3 Å². The lowest BCUT2D eigenvalue weighted by Crippen LogP contribution is -2.26. The number of pyridine rings is 1. The first-order chi connectivity index (χ1) is 9.53. The molecule has 2 aromatic heterocycles. The lowest BCUT2D eigenvalue weighted by atomic mass is 10.1. The average Bonchev–Trinajstić information content (AvgIpc) is 2.80. The first-order valence-corrected chi connectivity index (χ1v) is 6.84. The standard InChI is InChI=1S/C17H19N3/c1-17(2,3)19-16-11-18-15-10-9-14(12-20(15)16)13-7-5-4-6-8-13/h4-12,19H,1-3H3. The fourth-order valence-corrected chi connectivity index (χ4v) is 2.26. The lowest BCUT2D eigenvalue weighted by Gasteiger charge is -2.21. The van der Waals surface area contributed by atoms with E-state index in [1.165, 1.54) is 11.1 Å². The van der Waals surface area contributed by atoms with E-state index in [-0.39, 0.29) is 5.54 Å². The lowest BCUT2D eigenvalue weighted by molar-refractivity contribution is 0.629. The van der Waals surface area contributed by atoms with Crippen molar-refractivity contribution in [2.45, 2.75) is 26.3 Å². The van der Waals surface area contributed by atoms with Crippen molar-refractivity contribution in [1.29, 1.82) is 0 Å². The van der Waals surface area contributed by atoms with Gasteiger partial charge in [0.25, 0.3) is 0 Å². The molecule has 20 heavy (non-hydrogen) atoms. The zero-order valence-electron chi connectivity index (χ0n) is 12.1. The van der Waals surface area contributed by atoms with Gasteiger partial charge in [0.2, 0.25) is 0 Å². The molecule has 0 aliphatic rings. The number of anilines is 1. The summed E-state index contributed by atoms with van der Waals surface area (Å²) in [6.07, 6.45) is 4.01. The van der Waals surface area contributed by atoms with E-state index in [4.69, 9.17) is 0 Å². The van der Waals surface area contributed by atoms with Crippen LogP contribution in [0.3, 0.4) is 0 Å². The number of hydrogen-bond acceptors (Lipinski definition) is 2. The predicted molar refractivity (Wildman–Crippen MR) is 84.0 cm³/mol. The highest BCUT2D eigenvalue weighted by Gasteiger charge is 2.12. The number of rotatable bonds is 2. The molecule has 0 aliphatic carbocycles. The van der Waals surface area contributed by atoms with Gasteiger partial charge < -0.3 is 5.32 Å². The number of nitrogens with one attached hydrogen (secondary N) is 1. The summed E-state index contributed by atoms with van der Waals surface area (Å²) in [6, 6.07) is 14.5. The fourth-order valence-electron chi connectivity index (χ4n) is 2.26. The van der Waals surface area contributed by atoms with Crippen LogP contribution in [0, 0.1) is 0 Å². The molecule has 0 bridgehead atoms. The highest BCUT2D eigenvalue weighted by atomic mass is 15.1. The minimum Gasteiger partial charge on any atom is -0.365 e. The second-order valence-electron chi connectivity index (χ2n) is 6.03. The molecule has 0 saturated heterocycles. The molecule has 1 aromatic carbocycles. The van der Waals surface area contributed by atoms with Crippen LogP contribution in [0.25, 0.3) is 16.8 Å². The summed E-state index contributed by atoms with van der Waals surface area (Å²) in [6.45, 7) is 6.44. The van der Waals surface area contributed by atoms with Gasteiger partial charge >= 0.3 is 0 Å². The summed E-state index contributed by atoms with van der Waals surface area (Å²) in [4.78, 5) is 4.44. The van der Waals surface area contributed by atoms with Gasteiger partial charge in [-0.3, -0.25) is 4.40 Å². The maximum absolute atomic E-state index is 4.44. The second kappa shape index (κ2) is 4.67. The molecular formula is C17H19N3. The summed E-state index contributed by atoms with van der Waals surface area (Å²) in [5, 5.41) is 3.48. The van der Waals surface area contributed by atoms with Crippen LogP contribution in [-0.2, 0) is 0 Å². The Balaban J connectivity index is 2.08. The molecule has 0 spiro atoms. The van der Waals surface area contributed by atoms with Crippen molar-refractivity contribution in [3.63, 3.8) is 0 Å².